The SMILES string of the molecule is C/C(=N\NC(=O)Cn1nc(C)cc1C)c1ccccc1Br. The van der Waals surface area contributed by atoms with Crippen molar-refractivity contribution in [1.29, 1.82) is 0 Å². The van der Waals surface area contributed by atoms with Crippen LogP contribution in [0.3, 0.4) is 0 Å². The van der Waals surface area contributed by atoms with Crippen molar-refractivity contribution in [2.24, 2.45) is 5.10 Å². The number of aromatic nitrogens is 2. The molecule has 2 aromatic rings. The smallest absolute Gasteiger partial charge is 0.261 e. The van der Waals surface area contributed by atoms with Crippen LogP contribution in [0.15, 0.2) is 39.9 Å². The van der Waals surface area contributed by atoms with Crippen molar-refractivity contribution in [3.63, 3.8) is 0 Å². The largest absolute Gasteiger partial charge is 0.271 e. The molecule has 0 aliphatic carbocycles. The van der Waals surface area contributed by atoms with E-state index in [2.05, 4.69) is 31.6 Å². The van der Waals surface area contributed by atoms with Crippen LogP contribution in [-0.2, 0) is 11.3 Å². The number of benzene rings is 1. The molecular formula is C15H17BrN4O. The molecule has 0 saturated carbocycles. The van der Waals surface area contributed by atoms with Crippen LogP contribution in [0.25, 0.3) is 0 Å². The molecular weight excluding hydrogens is 332 g/mol. The molecule has 1 amide bonds. The van der Waals surface area contributed by atoms with Gasteiger partial charge in [0.05, 0.1) is 11.4 Å². The molecule has 0 saturated heterocycles. The summed E-state index contributed by atoms with van der Waals surface area (Å²) in [5.74, 6) is -0.201. The van der Waals surface area contributed by atoms with Gasteiger partial charge in [-0.2, -0.15) is 10.2 Å². The number of hydrogen-bond acceptors (Lipinski definition) is 3. The van der Waals surface area contributed by atoms with E-state index in [0.29, 0.717) is 0 Å². The van der Waals surface area contributed by atoms with Crippen LogP contribution in [0, 0.1) is 13.8 Å². The Hall–Kier alpha value is -1.95. The molecule has 2 rings (SSSR count). The average molecular weight is 349 g/mol. The van der Waals surface area contributed by atoms with Crippen LogP contribution in [-0.4, -0.2) is 21.4 Å². The Morgan fingerprint density at radius 1 is 1.38 bits per heavy atom. The summed E-state index contributed by atoms with van der Waals surface area (Å²) < 4.78 is 2.60. The van der Waals surface area contributed by atoms with Crippen LogP contribution >= 0.6 is 15.9 Å². The van der Waals surface area contributed by atoms with Crippen molar-refractivity contribution in [3.05, 3.63) is 51.8 Å². The second-order valence-electron chi connectivity index (χ2n) is 4.80. The fourth-order valence-corrected chi connectivity index (χ4v) is 2.54. The summed E-state index contributed by atoms with van der Waals surface area (Å²) in [7, 11) is 0. The molecule has 5 nitrogen and oxygen atoms in total. The van der Waals surface area contributed by atoms with E-state index in [9.17, 15) is 4.79 Å². The highest BCUT2D eigenvalue weighted by Crippen LogP contribution is 2.16. The van der Waals surface area contributed by atoms with Crippen molar-refractivity contribution >= 4 is 27.5 Å². The van der Waals surface area contributed by atoms with E-state index in [1.165, 1.54) is 0 Å². The minimum atomic E-state index is -0.201. The predicted octanol–water partition coefficient (Wildman–Crippen LogP) is 2.80. The Kier molecular flexibility index (Phi) is 4.90. The van der Waals surface area contributed by atoms with Gasteiger partial charge in [-0.15, -0.1) is 0 Å². The maximum atomic E-state index is 11.9. The monoisotopic (exact) mass is 348 g/mol. The zero-order chi connectivity index (χ0) is 15.4. The van der Waals surface area contributed by atoms with E-state index in [1.807, 2.05) is 51.1 Å². The minimum Gasteiger partial charge on any atom is -0.271 e. The van der Waals surface area contributed by atoms with E-state index >= 15 is 0 Å². The predicted molar refractivity (Wildman–Crippen MR) is 86.2 cm³/mol. The van der Waals surface area contributed by atoms with Crippen molar-refractivity contribution < 1.29 is 4.79 Å². The number of rotatable bonds is 4. The van der Waals surface area contributed by atoms with Crippen molar-refractivity contribution in [1.82, 2.24) is 15.2 Å². The van der Waals surface area contributed by atoms with Gasteiger partial charge in [0.15, 0.2) is 0 Å². The third-order valence-corrected chi connectivity index (χ3v) is 3.70. The summed E-state index contributed by atoms with van der Waals surface area (Å²) in [6, 6.07) is 9.67. The molecule has 6 heteroatoms. The first-order valence-corrected chi connectivity index (χ1v) is 7.36. The zero-order valence-corrected chi connectivity index (χ0v) is 13.8. The van der Waals surface area contributed by atoms with Gasteiger partial charge in [-0.1, -0.05) is 34.1 Å². The molecule has 0 atom stereocenters. The minimum absolute atomic E-state index is 0.159. The van der Waals surface area contributed by atoms with Crippen LogP contribution < -0.4 is 5.43 Å². The molecule has 0 radical (unpaired) electrons. The number of carbonyl (C=O) groups is 1. The molecule has 0 aliphatic rings. The number of amides is 1. The second kappa shape index (κ2) is 6.67. The Morgan fingerprint density at radius 3 is 2.71 bits per heavy atom. The second-order valence-corrected chi connectivity index (χ2v) is 5.65. The lowest BCUT2D eigenvalue weighted by molar-refractivity contribution is -0.121. The summed E-state index contributed by atoms with van der Waals surface area (Å²) >= 11 is 3.46. The highest BCUT2D eigenvalue weighted by atomic mass is 79.9. The summed E-state index contributed by atoms with van der Waals surface area (Å²) in [5.41, 5.74) is 6.10. The molecule has 0 fully saturated rings. The van der Waals surface area contributed by atoms with Crippen LogP contribution in [0.1, 0.15) is 23.9 Å². The van der Waals surface area contributed by atoms with Gasteiger partial charge in [-0.3, -0.25) is 9.48 Å². The maximum Gasteiger partial charge on any atom is 0.261 e. The zero-order valence-electron chi connectivity index (χ0n) is 12.2. The third-order valence-electron chi connectivity index (χ3n) is 3.01. The molecule has 1 heterocycles. The molecule has 21 heavy (non-hydrogen) atoms. The first-order valence-electron chi connectivity index (χ1n) is 6.56. The molecule has 0 aliphatic heterocycles. The van der Waals surface area contributed by atoms with E-state index in [-0.39, 0.29) is 12.5 Å². The van der Waals surface area contributed by atoms with Gasteiger partial charge in [-0.05, 0) is 32.9 Å². The summed E-state index contributed by atoms with van der Waals surface area (Å²) in [6.07, 6.45) is 0. The molecule has 0 unspecified atom stereocenters. The number of hydrogen-bond donors (Lipinski definition) is 1. The van der Waals surface area contributed by atoms with Gasteiger partial charge >= 0.3 is 0 Å². The van der Waals surface area contributed by atoms with Crippen molar-refractivity contribution in [2.45, 2.75) is 27.3 Å². The Labute approximate surface area is 132 Å². The Morgan fingerprint density at radius 2 is 2.10 bits per heavy atom. The summed E-state index contributed by atoms with van der Waals surface area (Å²) in [6.45, 7) is 5.83. The Bertz CT molecular complexity index is 691. The van der Waals surface area contributed by atoms with E-state index < -0.39 is 0 Å². The lowest BCUT2D eigenvalue weighted by Gasteiger charge is -2.06. The van der Waals surface area contributed by atoms with Crippen LogP contribution in [0.4, 0.5) is 0 Å². The maximum absolute atomic E-state index is 11.9. The standard InChI is InChI=1S/C15H17BrN4O/c1-10-8-11(2)20(19-10)9-15(21)18-17-12(3)13-6-4-5-7-14(13)16/h4-8H,9H2,1-3H3,(H,18,21)/b17-12+. The van der Waals surface area contributed by atoms with Crippen molar-refractivity contribution in [3.8, 4) is 0 Å². The molecule has 1 N–H and O–H groups in total. The van der Waals surface area contributed by atoms with Gasteiger partial charge in [0, 0.05) is 15.7 Å². The number of halogens is 1. The van der Waals surface area contributed by atoms with Gasteiger partial charge < -0.3 is 0 Å². The van der Waals surface area contributed by atoms with E-state index in [1.54, 1.807) is 4.68 Å². The lowest BCUT2D eigenvalue weighted by Crippen LogP contribution is -2.25. The molecule has 1 aromatic carbocycles. The fraction of sp³-hybridized carbons (Fsp3) is 0.267. The van der Waals surface area contributed by atoms with Crippen LogP contribution in [0.2, 0.25) is 0 Å². The van der Waals surface area contributed by atoms with Crippen molar-refractivity contribution in [2.75, 3.05) is 0 Å². The number of nitrogens with zero attached hydrogens (tertiary/aromatic N) is 3. The molecule has 1 aromatic heterocycles. The number of carbonyl (C=O) groups excluding carboxylic acids is 1. The first-order chi connectivity index (χ1) is 9.97. The quantitative estimate of drug-likeness (QED) is 0.682. The number of aryl methyl sites for hydroxylation is 2. The van der Waals surface area contributed by atoms with Gasteiger partial charge in [0.25, 0.3) is 5.91 Å². The molecule has 110 valence electrons. The normalized spacial score (nSPS) is 11.5. The van der Waals surface area contributed by atoms with E-state index in [4.69, 9.17) is 0 Å². The van der Waals surface area contributed by atoms with E-state index in [0.717, 1.165) is 27.1 Å². The fourth-order valence-electron chi connectivity index (χ4n) is 1.97. The average Bonchev–Trinajstić information content (AvgIpc) is 2.74. The number of hydrazone groups is 1. The highest BCUT2D eigenvalue weighted by Gasteiger charge is 2.07. The summed E-state index contributed by atoms with van der Waals surface area (Å²) in [4.78, 5) is 11.9. The lowest BCUT2D eigenvalue weighted by atomic mass is 10.1. The van der Waals surface area contributed by atoms with Gasteiger partial charge in [0.2, 0.25) is 0 Å². The Balaban J connectivity index is 2.02. The molecule has 0 spiro atoms. The topological polar surface area (TPSA) is 59.3 Å². The van der Waals surface area contributed by atoms with Gasteiger partial charge in [-0.25, -0.2) is 5.43 Å². The molecule has 0 bridgehead atoms. The summed E-state index contributed by atoms with van der Waals surface area (Å²) in [5, 5.41) is 8.38. The number of nitrogens with one attached hydrogen (secondary N) is 1. The third kappa shape index (κ3) is 4.01. The van der Waals surface area contributed by atoms with Crippen LogP contribution in [0.5, 0.6) is 0 Å². The highest BCUT2D eigenvalue weighted by molar-refractivity contribution is 9.10. The van der Waals surface area contributed by atoms with Gasteiger partial charge in [0.1, 0.15) is 6.54 Å². The first kappa shape index (κ1) is 15.4.